The number of esters is 1. The minimum absolute atomic E-state index is 0.211. The van der Waals surface area contributed by atoms with Crippen molar-refractivity contribution in [3.63, 3.8) is 0 Å². The molecule has 1 aromatic rings. The van der Waals surface area contributed by atoms with E-state index in [0.29, 0.717) is 16.5 Å². The van der Waals surface area contributed by atoms with E-state index in [2.05, 4.69) is 5.48 Å². The van der Waals surface area contributed by atoms with Crippen LogP contribution in [0.4, 0.5) is 0 Å². The average Bonchev–Trinajstić information content (AvgIpc) is 3.18. The summed E-state index contributed by atoms with van der Waals surface area (Å²) in [5.41, 5.74) is 5.27. The van der Waals surface area contributed by atoms with E-state index < -0.39 is 0 Å². The lowest BCUT2D eigenvalue weighted by Crippen LogP contribution is -2.11. The summed E-state index contributed by atoms with van der Waals surface area (Å²) >= 11 is 11.9. The molecule has 6 heteroatoms. The summed E-state index contributed by atoms with van der Waals surface area (Å²) < 4.78 is 4.72. The first-order chi connectivity index (χ1) is 9.08. The molecular formula is C13H13Cl2NO3. The zero-order valence-corrected chi connectivity index (χ0v) is 12.0. The third-order valence-electron chi connectivity index (χ3n) is 2.90. The first kappa shape index (κ1) is 14.2. The Balaban J connectivity index is 2.34. The number of carbonyl (C=O) groups excluding carboxylic acids is 1. The summed E-state index contributed by atoms with van der Waals surface area (Å²) in [6, 6.07) is 5.24. The zero-order chi connectivity index (χ0) is 14.0. The number of hydrogen-bond donors (Lipinski definition) is 1. The predicted octanol–water partition coefficient (Wildman–Crippen LogP) is 3.05. The molecule has 1 aromatic carbocycles. The van der Waals surface area contributed by atoms with Crippen molar-refractivity contribution in [2.45, 2.75) is 6.42 Å². The van der Waals surface area contributed by atoms with Gasteiger partial charge in [0.1, 0.15) is 0 Å². The van der Waals surface area contributed by atoms with Gasteiger partial charge in [-0.2, -0.15) is 0 Å². The van der Waals surface area contributed by atoms with Gasteiger partial charge in [-0.1, -0.05) is 29.3 Å². The Kier molecular flexibility index (Phi) is 4.34. The summed E-state index contributed by atoms with van der Waals surface area (Å²) in [4.78, 5) is 16.4. The van der Waals surface area contributed by atoms with Gasteiger partial charge in [0, 0.05) is 5.56 Å². The van der Waals surface area contributed by atoms with Gasteiger partial charge in [-0.25, -0.2) is 0 Å². The van der Waals surface area contributed by atoms with Crippen molar-refractivity contribution < 1.29 is 14.4 Å². The molecule has 0 saturated heterocycles. The van der Waals surface area contributed by atoms with E-state index in [1.807, 2.05) is 6.07 Å². The second-order valence-electron chi connectivity index (χ2n) is 4.12. The third kappa shape index (κ3) is 3.03. The molecule has 1 N–H and O–H groups in total. The van der Waals surface area contributed by atoms with Crippen molar-refractivity contribution in [1.82, 2.24) is 5.48 Å². The number of ether oxygens (including phenoxy) is 1. The number of carbonyl (C=O) groups is 1. The van der Waals surface area contributed by atoms with E-state index in [1.165, 1.54) is 14.2 Å². The molecule has 2 rings (SSSR count). The fraction of sp³-hybridized carbons (Fsp3) is 0.308. The number of hydroxylamine groups is 1. The second kappa shape index (κ2) is 5.82. The fourth-order valence-electron chi connectivity index (χ4n) is 1.87. The van der Waals surface area contributed by atoms with Crippen LogP contribution in [0.1, 0.15) is 12.0 Å². The van der Waals surface area contributed by atoms with Crippen molar-refractivity contribution in [1.29, 1.82) is 0 Å². The first-order valence-corrected chi connectivity index (χ1v) is 6.39. The molecule has 0 aliphatic heterocycles. The van der Waals surface area contributed by atoms with Crippen LogP contribution in [0, 0.1) is 5.92 Å². The maximum absolute atomic E-state index is 11.5. The van der Waals surface area contributed by atoms with Crippen molar-refractivity contribution in [2.24, 2.45) is 5.92 Å². The molecule has 0 radical (unpaired) electrons. The van der Waals surface area contributed by atoms with Crippen LogP contribution in [0.5, 0.6) is 0 Å². The Bertz CT molecular complexity index is 543. The molecular weight excluding hydrogens is 289 g/mol. The maximum atomic E-state index is 11.5. The summed E-state index contributed by atoms with van der Waals surface area (Å²) in [5, 5.41) is 0.929. The van der Waals surface area contributed by atoms with Gasteiger partial charge in [0.05, 0.1) is 35.9 Å². The summed E-state index contributed by atoms with van der Waals surface area (Å²) in [7, 11) is 2.88. The van der Waals surface area contributed by atoms with Gasteiger partial charge in [-0.15, -0.1) is 0 Å². The molecule has 0 bridgehead atoms. The SMILES string of the molecule is CONC(=C1CC1C(=O)OC)c1ccc(Cl)c(Cl)c1. The van der Waals surface area contributed by atoms with Crippen molar-refractivity contribution >= 4 is 34.9 Å². The normalized spacial score (nSPS) is 19.9. The molecule has 1 saturated carbocycles. The number of benzene rings is 1. The highest BCUT2D eigenvalue weighted by Gasteiger charge is 2.41. The zero-order valence-electron chi connectivity index (χ0n) is 10.5. The predicted molar refractivity (Wildman–Crippen MR) is 73.6 cm³/mol. The van der Waals surface area contributed by atoms with Crippen LogP contribution < -0.4 is 5.48 Å². The minimum atomic E-state index is -0.245. The highest BCUT2D eigenvalue weighted by molar-refractivity contribution is 6.42. The van der Waals surface area contributed by atoms with Gasteiger partial charge in [-0.3, -0.25) is 15.1 Å². The van der Waals surface area contributed by atoms with E-state index in [4.69, 9.17) is 32.8 Å². The largest absolute Gasteiger partial charge is 0.469 e. The number of methoxy groups -OCH3 is 1. The van der Waals surface area contributed by atoms with Gasteiger partial charge >= 0.3 is 5.97 Å². The van der Waals surface area contributed by atoms with Gasteiger partial charge in [0.2, 0.25) is 0 Å². The quantitative estimate of drug-likeness (QED) is 0.686. The monoisotopic (exact) mass is 301 g/mol. The fourth-order valence-corrected chi connectivity index (χ4v) is 2.17. The van der Waals surface area contributed by atoms with Crippen molar-refractivity contribution in [3.05, 3.63) is 39.4 Å². The lowest BCUT2D eigenvalue weighted by atomic mass is 10.1. The van der Waals surface area contributed by atoms with E-state index in [9.17, 15) is 4.79 Å². The Hall–Kier alpha value is -1.23. The molecule has 4 nitrogen and oxygen atoms in total. The maximum Gasteiger partial charge on any atom is 0.313 e. The van der Waals surface area contributed by atoms with E-state index >= 15 is 0 Å². The molecule has 1 unspecified atom stereocenters. The standard InChI is InChI=1S/C13H13Cl2NO3/c1-18-13(17)9-6-8(9)12(16-19-2)7-3-4-10(14)11(15)5-7/h3-5,9,16H,6H2,1-2H3. The smallest absolute Gasteiger partial charge is 0.313 e. The van der Waals surface area contributed by atoms with Crippen molar-refractivity contribution in [2.75, 3.05) is 14.2 Å². The molecule has 19 heavy (non-hydrogen) atoms. The van der Waals surface area contributed by atoms with Crippen LogP contribution in [-0.2, 0) is 14.4 Å². The molecule has 0 aromatic heterocycles. The van der Waals surface area contributed by atoms with Gasteiger partial charge < -0.3 is 4.74 Å². The van der Waals surface area contributed by atoms with E-state index in [1.54, 1.807) is 12.1 Å². The summed E-state index contributed by atoms with van der Waals surface area (Å²) in [5.74, 6) is -0.456. The number of hydrogen-bond acceptors (Lipinski definition) is 4. The number of rotatable bonds is 4. The third-order valence-corrected chi connectivity index (χ3v) is 3.64. The Labute approximate surface area is 121 Å². The van der Waals surface area contributed by atoms with Gasteiger partial charge in [0.25, 0.3) is 0 Å². The summed E-state index contributed by atoms with van der Waals surface area (Å²) in [6.07, 6.45) is 0.651. The molecule has 102 valence electrons. The minimum Gasteiger partial charge on any atom is -0.469 e. The highest BCUT2D eigenvalue weighted by atomic mass is 35.5. The Morgan fingerprint density at radius 1 is 1.32 bits per heavy atom. The molecule has 0 heterocycles. The van der Waals surface area contributed by atoms with Crippen LogP contribution in [0.25, 0.3) is 5.70 Å². The highest BCUT2D eigenvalue weighted by Crippen LogP contribution is 2.43. The van der Waals surface area contributed by atoms with Crippen LogP contribution in [-0.4, -0.2) is 20.2 Å². The van der Waals surface area contributed by atoms with Gasteiger partial charge in [-0.05, 0) is 24.1 Å². The lowest BCUT2D eigenvalue weighted by Gasteiger charge is -2.10. The van der Waals surface area contributed by atoms with Crippen LogP contribution >= 0.6 is 23.2 Å². The van der Waals surface area contributed by atoms with Gasteiger partial charge in [0.15, 0.2) is 0 Å². The Morgan fingerprint density at radius 2 is 2.05 bits per heavy atom. The first-order valence-electron chi connectivity index (χ1n) is 5.63. The molecule has 1 fully saturated rings. The molecule has 0 spiro atoms. The van der Waals surface area contributed by atoms with E-state index in [0.717, 1.165) is 16.8 Å². The van der Waals surface area contributed by atoms with Crippen LogP contribution in [0.15, 0.2) is 23.8 Å². The second-order valence-corrected chi connectivity index (χ2v) is 4.93. The molecule has 1 atom stereocenters. The van der Waals surface area contributed by atoms with Crippen LogP contribution in [0.2, 0.25) is 10.0 Å². The number of nitrogens with one attached hydrogen (secondary N) is 1. The topological polar surface area (TPSA) is 47.6 Å². The molecule has 1 aliphatic carbocycles. The number of halogens is 2. The molecule has 0 amide bonds. The van der Waals surface area contributed by atoms with Crippen molar-refractivity contribution in [3.8, 4) is 0 Å². The Morgan fingerprint density at radius 3 is 2.63 bits per heavy atom. The molecule has 1 aliphatic rings. The lowest BCUT2D eigenvalue weighted by molar-refractivity contribution is -0.141. The van der Waals surface area contributed by atoms with Crippen LogP contribution in [0.3, 0.4) is 0 Å². The average molecular weight is 302 g/mol. The summed E-state index contributed by atoms with van der Waals surface area (Å²) in [6.45, 7) is 0. The van der Waals surface area contributed by atoms with E-state index in [-0.39, 0.29) is 11.9 Å².